The standard InChI is InChI=1S/C22H25N3O3S2/c1-16(29-15-17-9-5-4-6-10-17)22(26)23-24-30(27,28)21-14-8-11-18-19(21)12-7-13-20(18)25(2)3/h4-14,16,24H,15H2,1-3H3,(H,23,26). The number of carbonyl (C=O) groups excluding carboxylic acids is 1. The highest BCUT2D eigenvalue weighted by atomic mass is 32.2. The van der Waals surface area contributed by atoms with Crippen LogP contribution in [0.4, 0.5) is 5.69 Å². The Morgan fingerprint density at radius 3 is 2.33 bits per heavy atom. The van der Waals surface area contributed by atoms with Crippen molar-refractivity contribution < 1.29 is 13.2 Å². The van der Waals surface area contributed by atoms with E-state index in [1.807, 2.05) is 67.5 Å². The molecule has 1 atom stereocenters. The maximum absolute atomic E-state index is 12.9. The maximum Gasteiger partial charge on any atom is 0.257 e. The molecule has 30 heavy (non-hydrogen) atoms. The molecule has 0 radical (unpaired) electrons. The highest BCUT2D eigenvalue weighted by molar-refractivity contribution is 7.99. The lowest BCUT2D eigenvalue weighted by Gasteiger charge is -2.17. The molecular formula is C22H25N3O3S2. The SMILES string of the molecule is CC(SCc1ccccc1)C(=O)NNS(=O)(=O)c1cccc2c(N(C)C)cccc12. The summed E-state index contributed by atoms with van der Waals surface area (Å²) in [4.78, 5) is 16.7. The molecule has 3 aromatic carbocycles. The topological polar surface area (TPSA) is 78.5 Å². The number of hydrogen-bond donors (Lipinski definition) is 2. The van der Waals surface area contributed by atoms with Crippen LogP contribution in [0.3, 0.4) is 0 Å². The van der Waals surface area contributed by atoms with Crippen molar-refractivity contribution in [3.8, 4) is 0 Å². The Balaban J connectivity index is 1.71. The molecule has 0 aliphatic rings. The first kappa shape index (κ1) is 22.1. The van der Waals surface area contributed by atoms with Gasteiger partial charge in [-0.2, -0.15) is 0 Å². The van der Waals surface area contributed by atoms with Crippen molar-refractivity contribution in [1.82, 2.24) is 10.3 Å². The van der Waals surface area contributed by atoms with Crippen molar-refractivity contribution in [3.05, 3.63) is 72.3 Å². The molecule has 8 heteroatoms. The number of carbonyl (C=O) groups is 1. The summed E-state index contributed by atoms with van der Waals surface area (Å²) in [6, 6.07) is 20.4. The fourth-order valence-corrected chi connectivity index (χ4v) is 4.95. The second-order valence-electron chi connectivity index (χ2n) is 7.06. The Morgan fingerprint density at radius 1 is 0.967 bits per heavy atom. The van der Waals surface area contributed by atoms with E-state index in [1.165, 1.54) is 17.8 Å². The molecule has 2 N–H and O–H groups in total. The largest absolute Gasteiger partial charge is 0.377 e. The zero-order valence-corrected chi connectivity index (χ0v) is 18.8. The molecule has 0 fully saturated rings. The number of thioether (sulfide) groups is 1. The molecule has 158 valence electrons. The van der Waals surface area contributed by atoms with E-state index in [-0.39, 0.29) is 4.90 Å². The number of fused-ring (bicyclic) bond motifs is 1. The van der Waals surface area contributed by atoms with E-state index in [0.29, 0.717) is 11.1 Å². The predicted octanol–water partition coefficient (Wildman–Crippen LogP) is 3.54. The van der Waals surface area contributed by atoms with Crippen LogP contribution in [0.25, 0.3) is 10.8 Å². The average molecular weight is 444 g/mol. The van der Waals surface area contributed by atoms with Crippen molar-refractivity contribution >= 4 is 44.2 Å². The van der Waals surface area contributed by atoms with Gasteiger partial charge in [0.05, 0.1) is 10.1 Å². The van der Waals surface area contributed by atoms with Crippen LogP contribution in [0, 0.1) is 0 Å². The van der Waals surface area contributed by atoms with Gasteiger partial charge in [0, 0.05) is 36.3 Å². The summed E-state index contributed by atoms with van der Waals surface area (Å²) in [6.07, 6.45) is 0. The molecule has 1 unspecified atom stereocenters. The molecule has 0 bridgehead atoms. The fraction of sp³-hybridized carbons (Fsp3) is 0.227. The average Bonchev–Trinajstić information content (AvgIpc) is 2.75. The van der Waals surface area contributed by atoms with Gasteiger partial charge in [0.1, 0.15) is 0 Å². The van der Waals surface area contributed by atoms with Crippen molar-refractivity contribution in [2.75, 3.05) is 19.0 Å². The van der Waals surface area contributed by atoms with Crippen molar-refractivity contribution in [3.63, 3.8) is 0 Å². The van der Waals surface area contributed by atoms with Gasteiger partial charge in [-0.3, -0.25) is 10.2 Å². The van der Waals surface area contributed by atoms with Gasteiger partial charge in [-0.15, -0.1) is 16.6 Å². The minimum Gasteiger partial charge on any atom is -0.377 e. The second-order valence-corrected chi connectivity index (χ2v) is 10.0. The van der Waals surface area contributed by atoms with Gasteiger partial charge in [-0.1, -0.05) is 54.6 Å². The Kier molecular flexibility index (Phi) is 7.02. The van der Waals surface area contributed by atoms with Crippen LogP contribution in [0.2, 0.25) is 0 Å². The Morgan fingerprint density at radius 2 is 1.63 bits per heavy atom. The van der Waals surface area contributed by atoms with E-state index in [9.17, 15) is 13.2 Å². The smallest absolute Gasteiger partial charge is 0.257 e. The van der Waals surface area contributed by atoms with Gasteiger partial charge in [0.2, 0.25) is 5.91 Å². The normalized spacial score (nSPS) is 12.5. The number of rotatable bonds is 8. The third-order valence-corrected chi connectivity index (χ3v) is 7.17. The van der Waals surface area contributed by atoms with Crippen LogP contribution in [0.15, 0.2) is 71.6 Å². The van der Waals surface area contributed by atoms with Crippen molar-refractivity contribution in [2.24, 2.45) is 0 Å². The first-order valence-corrected chi connectivity index (χ1v) is 12.0. The van der Waals surface area contributed by atoms with E-state index in [2.05, 4.69) is 10.3 Å². The van der Waals surface area contributed by atoms with Crippen LogP contribution in [-0.2, 0) is 20.6 Å². The summed E-state index contributed by atoms with van der Waals surface area (Å²) in [5, 5.41) is 1.00. The number of nitrogens with one attached hydrogen (secondary N) is 2. The number of hydrazine groups is 1. The molecule has 1 amide bonds. The van der Waals surface area contributed by atoms with Crippen LogP contribution in [0.5, 0.6) is 0 Å². The van der Waals surface area contributed by atoms with Crippen LogP contribution in [0.1, 0.15) is 12.5 Å². The van der Waals surface area contributed by atoms with E-state index < -0.39 is 21.2 Å². The third kappa shape index (κ3) is 5.13. The van der Waals surface area contributed by atoms with E-state index >= 15 is 0 Å². The molecule has 0 aromatic heterocycles. The molecule has 0 aliphatic heterocycles. The van der Waals surface area contributed by atoms with Crippen LogP contribution >= 0.6 is 11.8 Å². The molecule has 3 rings (SSSR count). The molecule has 0 spiro atoms. The van der Waals surface area contributed by atoms with Gasteiger partial charge >= 0.3 is 0 Å². The summed E-state index contributed by atoms with van der Waals surface area (Å²) in [5.74, 6) is 0.271. The molecular weight excluding hydrogens is 418 g/mol. The van der Waals surface area contributed by atoms with Gasteiger partial charge in [0.15, 0.2) is 0 Å². The lowest BCUT2D eigenvalue weighted by atomic mass is 10.1. The number of anilines is 1. The van der Waals surface area contributed by atoms with E-state index in [0.717, 1.165) is 16.6 Å². The molecule has 0 saturated carbocycles. The van der Waals surface area contributed by atoms with E-state index in [1.54, 1.807) is 19.1 Å². The number of amides is 1. The minimum atomic E-state index is -3.93. The lowest BCUT2D eigenvalue weighted by molar-refractivity contribution is -0.120. The summed E-state index contributed by atoms with van der Waals surface area (Å²) >= 11 is 1.44. The Bertz CT molecular complexity index is 1130. The molecule has 0 heterocycles. The predicted molar refractivity (Wildman–Crippen MR) is 124 cm³/mol. The Labute approximate surface area is 181 Å². The summed E-state index contributed by atoms with van der Waals surface area (Å²) in [5.41, 5.74) is 4.37. The minimum absolute atomic E-state index is 0.119. The number of hydrogen-bond acceptors (Lipinski definition) is 5. The highest BCUT2D eigenvalue weighted by Crippen LogP contribution is 2.30. The molecule has 0 aliphatic carbocycles. The summed E-state index contributed by atoms with van der Waals surface area (Å²) in [7, 11) is -0.123. The monoisotopic (exact) mass is 443 g/mol. The molecule has 6 nitrogen and oxygen atoms in total. The zero-order valence-electron chi connectivity index (χ0n) is 17.1. The van der Waals surface area contributed by atoms with Gasteiger partial charge < -0.3 is 4.90 Å². The number of sulfonamides is 1. The number of nitrogens with zero attached hydrogens (tertiary/aromatic N) is 1. The second kappa shape index (κ2) is 9.51. The Hall–Kier alpha value is -2.55. The third-order valence-electron chi connectivity index (χ3n) is 4.65. The first-order valence-electron chi connectivity index (χ1n) is 9.46. The molecule has 3 aromatic rings. The first-order chi connectivity index (χ1) is 14.3. The zero-order chi connectivity index (χ0) is 21.7. The maximum atomic E-state index is 12.9. The number of benzene rings is 3. The van der Waals surface area contributed by atoms with Crippen molar-refractivity contribution in [2.45, 2.75) is 22.8 Å². The lowest BCUT2D eigenvalue weighted by Crippen LogP contribution is -2.44. The van der Waals surface area contributed by atoms with Crippen LogP contribution in [-0.4, -0.2) is 33.7 Å². The van der Waals surface area contributed by atoms with Crippen molar-refractivity contribution in [1.29, 1.82) is 0 Å². The fourth-order valence-electron chi connectivity index (χ4n) is 3.03. The molecule has 0 saturated heterocycles. The van der Waals surface area contributed by atoms with Gasteiger partial charge in [0.25, 0.3) is 10.0 Å². The summed E-state index contributed by atoms with van der Waals surface area (Å²) < 4.78 is 25.8. The van der Waals surface area contributed by atoms with Gasteiger partial charge in [-0.25, -0.2) is 8.42 Å². The van der Waals surface area contributed by atoms with E-state index in [4.69, 9.17) is 0 Å². The van der Waals surface area contributed by atoms with Gasteiger partial charge in [-0.05, 0) is 24.6 Å². The summed E-state index contributed by atoms with van der Waals surface area (Å²) in [6.45, 7) is 1.75. The van der Waals surface area contributed by atoms with Crippen LogP contribution < -0.4 is 15.2 Å². The highest BCUT2D eigenvalue weighted by Gasteiger charge is 2.21. The quantitative estimate of drug-likeness (QED) is 0.521.